The Bertz CT molecular complexity index is 1340. The van der Waals surface area contributed by atoms with Gasteiger partial charge in [0.2, 0.25) is 20.0 Å². The molecule has 2 aromatic heterocycles. The third-order valence-corrected chi connectivity index (χ3v) is 6.89. The summed E-state index contributed by atoms with van der Waals surface area (Å²) in [6, 6.07) is 11.1. The van der Waals surface area contributed by atoms with E-state index in [1.807, 2.05) is 30.3 Å². The number of nitrogens with one attached hydrogen (secondary N) is 2. The van der Waals surface area contributed by atoms with E-state index in [9.17, 15) is 16.8 Å². The average molecular weight is 447 g/mol. The Morgan fingerprint density at radius 2 is 1.80 bits per heavy atom. The Kier molecular flexibility index (Phi) is 5.16. The van der Waals surface area contributed by atoms with E-state index in [1.54, 1.807) is 18.3 Å². The molecule has 0 spiro atoms. The first kappa shape index (κ1) is 20.6. The number of fused-ring (bicyclic) bond motifs is 1. The van der Waals surface area contributed by atoms with E-state index in [-0.39, 0.29) is 0 Å². The van der Waals surface area contributed by atoms with Gasteiger partial charge in [0.05, 0.1) is 12.5 Å². The van der Waals surface area contributed by atoms with Gasteiger partial charge in [-0.25, -0.2) is 21.8 Å². The third-order valence-electron chi connectivity index (χ3n) is 5.02. The molecule has 0 saturated carbocycles. The van der Waals surface area contributed by atoms with Crippen molar-refractivity contribution in [3.8, 4) is 11.1 Å². The Hall–Kier alpha value is -2.69. The minimum atomic E-state index is -3.32. The number of benzene rings is 1. The molecule has 0 bridgehead atoms. The van der Waals surface area contributed by atoms with Gasteiger partial charge in [0.25, 0.3) is 0 Å². The number of sulfonamides is 2. The van der Waals surface area contributed by atoms with E-state index in [4.69, 9.17) is 0 Å². The number of pyridine rings is 1. The van der Waals surface area contributed by atoms with Crippen LogP contribution in [0.4, 0.5) is 5.69 Å². The highest BCUT2D eigenvalue weighted by atomic mass is 32.2. The second-order valence-corrected chi connectivity index (χ2v) is 11.1. The minimum Gasteiger partial charge on any atom is -0.339 e. The molecule has 0 amide bonds. The summed E-state index contributed by atoms with van der Waals surface area (Å²) in [4.78, 5) is 7.75. The van der Waals surface area contributed by atoms with Crippen molar-refractivity contribution in [2.24, 2.45) is 0 Å². The first-order valence-corrected chi connectivity index (χ1v) is 13.0. The van der Waals surface area contributed by atoms with Crippen molar-refractivity contribution in [3.63, 3.8) is 0 Å². The fourth-order valence-corrected chi connectivity index (χ4v) is 4.91. The molecule has 0 fully saturated rings. The molecular weight excluding hydrogens is 424 g/mol. The summed E-state index contributed by atoms with van der Waals surface area (Å²) in [6.45, 7) is 0.813. The molecule has 0 unspecified atom stereocenters. The number of hydrogen-bond donors (Lipinski definition) is 2. The Labute approximate surface area is 175 Å². The number of H-pyrrole nitrogens is 1. The summed E-state index contributed by atoms with van der Waals surface area (Å²) in [7, 11) is -6.51. The normalized spacial score (nSPS) is 15.9. The van der Waals surface area contributed by atoms with Gasteiger partial charge < -0.3 is 4.98 Å². The lowest BCUT2D eigenvalue weighted by atomic mass is 10.0. The van der Waals surface area contributed by atoms with Crippen molar-refractivity contribution in [3.05, 3.63) is 54.4 Å². The summed E-state index contributed by atoms with van der Waals surface area (Å²) >= 11 is 0. The van der Waals surface area contributed by atoms with Crippen LogP contribution in [-0.4, -0.2) is 56.7 Å². The minimum absolute atomic E-state index is 0.360. The zero-order chi connectivity index (χ0) is 21.5. The first-order chi connectivity index (χ1) is 14.1. The van der Waals surface area contributed by atoms with Crippen LogP contribution >= 0.6 is 0 Å². The van der Waals surface area contributed by atoms with Crippen LogP contribution in [0, 0.1) is 0 Å². The number of rotatable bonds is 5. The lowest BCUT2D eigenvalue weighted by Gasteiger charge is -2.23. The maximum absolute atomic E-state index is 11.7. The predicted molar refractivity (Wildman–Crippen MR) is 119 cm³/mol. The molecular formula is C20H22N4O4S2. The Morgan fingerprint density at radius 3 is 2.40 bits per heavy atom. The predicted octanol–water partition coefficient (Wildman–Crippen LogP) is 2.65. The highest BCUT2D eigenvalue weighted by molar-refractivity contribution is 7.92. The average Bonchev–Trinajstić information content (AvgIpc) is 3.11. The molecule has 4 rings (SSSR count). The monoisotopic (exact) mass is 446 g/mol. The molecule has 2 N–H and O–H groups in total. The molecule has 1 aliphatic heterocycles. The molecule has 0 radical (unpaired) electrons. The largest absolute Gasteiger partial charge is 0.339 e. The summed E-state index contributed by atoms with van der Waals surface area (Å²) in [5.41, 5.74) is 5.15. The Balaban J connectivity index is 1.66. The molecule has 3 heterocycles. The molecule has 0 atom stereocenters. The van der Waals surface area contributed by atoms with Gasteiger partial charge in [0, 0.05) is 36.1 Å². The second-order valence-electron chi connectivity index (χ2n) is 7.36. The van der Waals surface area contributed by atoms with Gasteiger partial charge in [-0.2, -0.15) is 4.31 Å². The topological polar surface area (TPSA) is 112 Å². The van der Waals surface area contributed by atoms with E-state index < -0.39 is 20.0 Å². The number of nitrogens with zero attached hydrogens (tertiary/aromatic N) is 2. The van der Waals surface area contributed by atoms with Crippen molar-refractivity contribution >= 4 is 42.3 Å². The van der Waals surface area contributed by atoms with Gasteiger partial charge in [-0.3, -0.25) is 4.72 Å². The van der Waals surface area contributed by atoms with Crippen LogP contribution in [0.5, 0.6) is 0 Å². The van der Waals surface area contributed by atoms with E-state index >= 15 is 0 Å². The molecule has 10 heteroatoms. The SMILES string of the molecule is CS(=O)(=O)Nc1ccc(-c2ccnc3[nH]c(C4=CCN(S(C)(=O)=O)CC4)cc23)cc1. The molecule has 1 aliphatic rings. The van der Waals surface area contributed by atoms with Gasteiger partial charge in [-0.15, -0.1) is 0 Å². The van der Waals surface area contributed by atoms with Crippen molar-refractivity contribution in [1.29, 1.82) is 0 Å². The van der Waals surface area contributed by atoms with Crippen LogP contribution in [0.2, 0.25) is 0 Å². The maximum Gasteiger partial charge on any atom is 0.229 e. The van der Waals surface area contributed by atoms with Crippen molar-refractivity contribution in [2.75, 3.05) is 30.3 Å². The maximum atomic E-state index is 11.7. The van der Waals surface area contributed by atoms with E-state index in [2.05, 4.69) is 14.7 Å². The van der Waals surface area contributed by atoms with E-state index in [0.717, 1.165) is 39.7 Å². The highest BCUT2D eigenvalue weighted by Crippen LogP contribution is 2.32. The van der Waals surface area contributed by atoms with Crippen molar-refractivity contribution < 1.29 is 16.8 Å². The summed E-state index contributed by atoms with van der Waals surface area (Å²) < 4.78 is 50.1. The number of hydrogen-bond acceptors (Lipinski definition) is 5. The summed E-state index contributed by atoms with van der Waals surface area (Å²) in [5.74, 6) is 0. The quantitative estimate of drug-likeness (QED) is 0.626. The number of aromatic nitrogens is 2. The standard InChI is InChI=1S/C20H22N4O4S2/c1-29(25,26)23-16-5-3-14(4-6-16)17-7-10-21-20-18(17)13-19(22-20)15-8-11-24(12-9-15)30(2,27)28/h3-8,10,13,23H,9,11-12H2,1-2H3,(H,21,22). The van der Waals surface area contributed by atoms with E-state index in [0.29, 0.717) is 25.2 Å². The molecule has 3 aromatic rings. The van der Waals surface area contributed by atoms with Crippen LogP contribution in [0.15, 0.2) is 48.7 Å². The van der Waals surface area contributed by atoms with E-state index in [1.165, 1.54) is 10.6 Å². The fourth-order valence-electron chi connectivity index (χ4n) is 3.58. The molecule has 30 heavy (non-hydrogen) atoms. The van der Waals surface area contributed by atoms with Gasteiger partial charge in [-0.05, 0) is 47.4 Å². The van der Waals surface area contributed by atoms with Crippen LogP contribution in [0.25, 0.3) is 27.7 Å². The lowest BCUT2D eigenvalue weighted by Crippen LogP contribution is -2.33. The second kappa shape index (κ2) is 7.53. The number of aromatic amines is 1. The van der Waals surface area contributed by atoms with Gasteiger partial charge in [0.1, 0.15) is 5.65 Å². The summed E-state index contributed by atoms with van der Waals surface area (Å²) in [6.07, 6.45) is 6.62. The number of anilines is 1. The fraction of sp³-hybridized carbons (Fsp3) is 0.250. The summed E-state index contributed by atoms with van der Waals surface area (Å²) in [5, 5.41) is 0.947. The first-order valence-electron chi connectivity index (χ1n) is 9.31. The van der Waals surface area contributed by atoms with Gasteiger partial charge in [-0.1, -0.05) is 18.2 Å². The van der Waals surface area contributed by atoms with Crippen LogP contribution in [0.1, 0.15) is 12.1 Å². The third kappa shape index (κ3) is 4.40. The molecule has 0 saturated heterocycles. The zero-order valence-electron chi connectivity index (χ0n) is 16.6. The zero-order valence-corrected chi connectivity index (χ0v) is 18.2. The smallest absolute Gasteiger partial charge is 0.229 e. The molecule has 1 aromatic carbocycles. The molecule has 0 aliphatic carbocycles. The van der Waals surface area contributed by atoms with Crippen LogP contribution < -0.4 is 4.72 Å². The van der Waals surface area contributed by atoms with Crippen molar-refractivity contribution in [1.82, 2.24) is 14.3 Å². The van der Waals surface area contributed by atoms with Crippen molar-refractivity contribution in [2.45, 2.75) is 6.42 Å². The Morgan fingerprint density at radius 1 is 1.07 bits per heavy atom. The highest BCUT2D eigenvalue weighted by Gasteiger charge is 2.21. The molecule has 8 nitrogen and oxygen atoms in total. The van der Waals surface area contributed by atoms with Crippen LogP contribution in [0.3, 0.4) is 0 Å². The molecule has 158 valence electrons. The van der Waals surface area contributed by atoms with Gasteiger partial charge in [0.15, 0.2) is 0 Å². The van der Waals surface area contributed by atoms with Gasteiger partial charge >= 0.3 is 0 Å². The lowest BCUT2D eigenvalue weighted by molar-refractivity contribution is 0.445. The van der Waals surface area contributed by atoms with Crippen LogP contribution in [-0.2, 0) is 20.0 Å².